The number of aliphatic carboxylic acids is 1. The molecule has 0 bridgehead atoms. The van der Waals surface area contributed by atoms with E-state index in [0.29, 0.717) is 5.92 Å². The van der Waals surface area contributed by atoms with Crippen molar-refractivity contribution in [1.82, 2.24) is 10.2 Å². The van der Waals surface area contributed by atoms with Crippen molar-refractivity contribution in [3.05, 3.63) is 0 Å². The van der Waals surface area contributed by atoms with Crippen molar-refractivity contribution in [3.63, 3.8) is 0 Å². The molecule has 1 saturated carbocycles. The minimum atomic E-state index is -0.679. The quantitative estimate of drug-likeness (QED) is 0.716. The smallest absolute Gasteiger partial charge is 0.323 e. The van der Waals surface area contributed by atoms with Crippen LogP contribution in [0.1, 0.15) is 32.6 Å². The molecule has 16 heavy (non-hydrogen) atoms. The molecule has 1 aliphatic carbocycles. The van der Waals surface area contributed by atoms with Crippen LogP contribution in [0.25, 0.3) is 0 Å². The molecule has 4 heteroatoms. The van der Waals surface area contributed by atoms with Crippen molar-refractivity contribution in [3.8, 4) is 0 Å². The van der Waals surface area contributed by atoms with Crippen molar-refractivity contribution >= 4 is 5.97 Å². The molecule has 0 aliphatic heterocycles. The van der Waals surface area contributed by atoms with E-state index in [1.807, 2.05) is 14.1 Å². The van der Waals surface area contributed by atoms with Gasteiger partial charge in [-0.2, -0.15) is 0 Å². The fourth-order valence-electron chi connectivity index (χ4n) is 2.45. The zero-order chi connectivity index (χ0) is 12.2. The lowest BCUT2D eigenvalue weighted by atomic mass is 9.95. The van der Waals surface area contributed by atoms with Gasteiger partial charge in [0.2, 0.25) is 0 Å². The van der Waals surface area contributed by atoms with Crippen molar-refractivity contribution in [2.45, 2.75) is 38.1 Å². The fraction of sp³-hybridized carbons (Fsp3) is 0.917. The third-order valence-corrected chi connectivity index (χ3v) is 3.63. The normalized spacial score (nSPS) is 29.9. The summed E-state index contributed by atoms with van der Waals surface area (Å²) >= 11 is 0. The zero-order valence-corrected chi connectivity index (χ0v) is 10.6. The summed E-state index contributed by atoms with van der Waals surface area (Å²) in [6, 6.07) is 0. The van der Waals surface area contributed by atoms with E-state index < -0.39 is 11.5 Å². The van der Waals surface area contributed by atoms with Crippen LogP contribution in [0.15, 0.2) is 0 Å². The Bertz CT molecular complexity index is 243. The van der Waals surface area contributed by atoms with E-state index in [1.54, 1.807) is 0 Å². The lowest BCUT2D eigenvalue weighted by molar-refractivity contribution is -0.144. The number of rotatable bonds is 6. The highest BCUT2D eigenvalue weighted by atomic mass is 16.4. The fourth-order valence-corrected chi connectivity index (χ4v) is 2.45. The first-order valence-electron chi connectivity index (χ1n) is 6.13. The molecule has 1 aliphatic rings. The molecule has 4 nitrogen and oxygen atoms in total. The van der Waals surface area contributed by atoms with Crippen LogP contribution in [0.2, 0.25) is 0 Å². The molecule has 1 fully saturated rings. The molecule has 0 aromatic heterocycles. The van der Waals surface area contributed by atoms with E-state index in [9.17, 15) is 9.90 Å². The van der Waals surface area contributed by atoms with Crippen LogP contribution in [-0.4, -0.2) is 48.7 Å². The van der Waals surface area contributed by atoms with Crippen LogP contribution < -0.4 is 5.32 Å². The molecule has 1 rings (SSSR count). The Labute approximate surface area is 98.0 Å². The summed E-state index contributed by atoms with van der Waals surface area (Å²) in [6.07, 6.45) is 3.68. The van der Waals surface area contributed by atoms with Gasteiger partial charge in [-0.3, -0.25) is 4.79 Å². The van der Waals surface area contributed by atoms with Gasteiger partial charge in [-0.1, -0.05) is 13.3 Å². The number of nitrogens with one attached hydrogen (secondary N) is 1. The van der Waals surface area contributed by atoms with Crippen molar-refractivity contribution in [2.24, 2.45) is 5.92 Å². The second-order valence-corrected chi connectivity index (χ2v) is 5.13. The highest BCUT2D eigenvalue weighted by Crippen LogP contribution is 2.36. The molecule has 2 N–H and O–H groups in total. The highest BCUT2D eigenvalue weighted by molar-refractivity contribution is 5.79. The molecule has 2 unspecified atom stereocenters. The van der Waals surface area contributed by atoms with Gasteiger partial charge in [-0.05, 0) is 39.3 Å². The average molecular weight is 228 g/mol. The van der Waals surface area contributed by atoms with Gasteiger partial charge in [0, 0.05) is 13.1 Å². The number of likely N-dealkylation sites (N-methyl/N-ethyl adjacent to an activating group) is 1. The average Bonchev–Trinajstić information content (AvgIpc) is 2.62. The number of carboxylic acids is 1. The van der Waals surface area contributed by atoms with E-state index >= 15 is 0 Å². The van der Waals surface area contributed by atoms with Gasteiger partial charge < -0.3 is 15.3 Å². The van der Waals surface area contributed by atoms with Gasteiger partial charge in [0.1, 0.15) is 5.54 Å². The van der Waals surface area contributed by atoms with Crippen LogP contribution in [0.5, 0.6) is 0 Å². The Morgan fingerprint density at radius 3 is 2.69 bits per heavy atom. The van der Waals surface area contributed by atoms with Crippen LogP contribution in [0.3, 0.4) is 0 Å². The summed E-state index contributed by atoms with van der Waals surface area (Å²) in [5.41, 5.74) is -0.656. The summed E-state index contributed by atoms with van der Waals surface area (Å²) in [4.78, 5) is 13.4. The molecule has 0 aromatic rings. The number of hydrogen-bond donors (Lipinski definition) is 2. The first-order chi connectivity index (χ1) is 7.50. The van der Waals surface area contributed by atoms with Gasteiger partial charge >= 0.3 is 5.97 Å². The number of carbonyl (C=O) groups is 1. The third kappa shape index (κ3) is 3.19. The van der Waals surface area contributed by atoms with Crippen LogP contribution >= 0.6 is 0 Å². The second-order valence-electron chi connectivity index (χ2n) is 5.13. The summed E-state index contributed by atoms with van der Waals surface area (Å²) in [5, 5.41) is 12.6. The maximum Gasteiger partial charge on any atom is 0.323 e. The molecular weight excluding hydrogens is 204 g/mol. The molecule has 94 valence electrons. The van der Waals surface area contributed by atoms with Crippen LogP contribution in [0.4, 0.5) is 0 Å². The minimum absolute atomic E-state index is 0.572. The molecule has 2 atom stereocenters. The summed E-state index contributed by atoms with van der Waals surface area (Å²) in [5.74, 6) is -0.106. The van der Waals surface area contributed by atoms with Crippen LogP contribution in [-0.2, 0) is 4.79 Å². The second kappa shape index (κ2) is 5.64. The van der Waals surface area contributed by atoms with Gasteiger partial charge in [0.15, 0.2) is 0 Å². The largest absolute Gasteiger partial charge is 0.480 e. The Kier molecular flexibility index (Phi) is 4.74. The van der Waals surface area contributed by atoms with Crippen molar-refractivity contribution in [1.29, 1.82) is 0 Å². The number of hydrogen-bond acceptors (Lipinski definition) is 3. The molecule has 0 heterocycles. The number of carboxylic acid groups (broad SMARTS) is 1. The summed E-state index contributed by atoms with van der Waals surface area (Å²) < 4.78 is 0. The standard InChI is InChI=1S/C12H24N2O2/c1-4-10-5-6-12(9-10,11(15)16)13-7-8-14(2)3/h10,13H,4-9H2,1-3H3,(H,15,16). The molecular formula is C12H24N2O2. The predicted molar refractivity (Wildman–Crippen MR) is 64.6 cm³/mol. The molecule has 0 amide bonds. The lowest BCUT2D eigenvalue weighted by Crippen LogP contribution is -2.51. The first-order valence-corrected chi connectivity index (χ1v) is 6.13. The monoisotopic (exact) mass is 228 g/mol. The van der Waals surface area contributed by atoms with E-state index in [4.69, 9.17) is 0 Å². The Hall–Kier alpha value is -0.610. The van der Waals surface area contributed by atoms with Gasteiger partial charge in [0.05, 0.1) is 0 Å². The van der Waals surface area contributed by atoms with Crippen LogP contribution in [0, 0.1) is 5.92 Å². The highest BCUT2D eigenvalue weighted by Gasteiger charge is 2.44. The van der Waals surface area contributed by atoms with Crippen molar-refractivity contribution in [2.75, 3.05) is 27.2 Å². The Morgan fingerprint density at radius 1 is 1.56 bits per heavy atom. The Balaban J connectivity index is 2.51. The first kappa shape index (κ1) is 13.5. The zero-order valence-electron chi connectivity index (χ0n) is 10.6. The van der Waals surface area contributed by atoms with Gasteiger partial charge in [-0.15, -0.1) is 0 Å². The SMILES string of the molecule is CCC1CCC(NCCN(C)C)(C(=O)O)C1. The lowest BCUT2D eigenvalue weighted by Gasteiger charge is -2.27. The topological polar surface area (TPSA) is 52.6 Å². The maximum atomic E-state index is 11.4. The summed E-state index contributed by atoms with van der Waals surface area (Å²) in [6.45, 7) is 3.77. The maximum absolute atomic E-state index is 11.4. The van der Waals surface area contributed by atoms with E-state index in [2.05, 4.69) is 17.1 Å². The van der Waals surface area contributed by atoms with Gasteiger partial charge in [0.25, 0.3) is 0 Å². The Morgan fingerprint density at radius 2 is 2.25 bits per heavy atom. The third-order valence-electron chi connectivity index (χ3n) is 3.63. The molecule has 0 radical (unpaired) electrons. The van der Waals surface area contributed by atoms with E-state index in [1.165, 1.54) is 0 Å². The molecule has 0 aromatic carbocycles. The minimum Gasteiger partial charge on any atom is -0.480 e. The number of nitrogens with zero attached hydrogens (tertiary/aromatic N) is 1. The van der Waals surface area contributed by atoms with Crippen molar-refractivity contribution < 1.29 is 9.90 Å². The van der Waals surface area contributed by atoms with E-state index in [0.717, 1.165) is 38.8 Å². The van der Waals surface area contributed by atoms with E-state index in [-0.39, 0.29) is 0 Å². The summed E-state index contributed by atoms with van der Waals surface area (Å²) in [7, 11) is 4.00. The van der Waals surface area contributed by atoms with Gasteiger partial charge in [-0.25, -0.2) is 0 Å². The molecule has 0 saturated heterocycles. The molecule has 0 spiro atoms. The predicted octanol–water partition coefficient (Wildman–Crippen LogP) is 1.17.